The predicted molar refractivity (Wildman–Crippen MR) is 120 cm³/mol. The third kappa shape index (κ3) is 7.41. The van der Waals surface area contributed by atoms with E-state index in [9.17, 15) is 9.59 Å². The highest BCUT2D eigenvalue weighted by molar-refractivity contribution is 5.89. The second-order valence-corrected chi connectivity index (χ2v) is 9.06. The fourth-order valence-electron chi connectivity index (χ4n) is 4.82. The molecule has 0 radical (unpaired) electrons. The molecule has 1 aromatic rings. The molecule has 0 aromatic heterocycles. The van der Waals surface area contributed by atoms with Crippen molar-refractivity contribution in [1.29, 1.82) is 0 Å². The van der Waals surface area contributed by atoms with Crippen molar-refractivity contribution in [2.45, 2.75) is 70.8 Å². The number of ether oxygens (including phenoxy) is 3. The zero-order valence-corrected chi connectivity index (χ0v) is 18.7. The Labute approximate surface area is 186 Å². The van der Waals surface area contributed by atoms with Gasteiger partial charge in [0.25, 0.3) is 0 Å². The van der Waals surface area contributed by atoms with Gasteiger partial charge in [0.2, 0.25) is 0 Å². The molecule has 0 heterocycles. The van der Waals surface area contributed by atoms with Crippen molar-refractivity contribution in [1.82, 2.24) is 0 Å². The molecule has 2 aliphatic carbocycles. The van der Waals surface area contributed by atoms with E-state index in [0.29, 0.717) is 24.3 Å². The summed E-state index contributed by atoms with van der Waals surface area (Å²) in [5.41, 5.74) is 0.552. The van der Waals surface area contributed by atoms with Crippen LogP contribution in [-0.4, -0.2) is 31.3 Å². The van der Waals surface area contributed by atoms with Gasteiger partial charge in [0.15, 0.2) is 0 Å². The van der Waals surface area contributed by atoms with Gasteiger partial charge in [-0.2, -0.15) is 0 Å². The topological polar surface area (TPSA) is 61.8 Å². The lowest BCUT2D eigenvalue weighted by molar-refractivity contribution is -0.137. The Hall–Kier alpha value is -2.30. The summed E-state index contributed by atoms with van der Waals surface area (Å²) in [5, 5.41) is 0. The van der Waals surface area contributed by atoms with Gasteiger partial charge in [0.05, 0.1) is 18.8 Å². The second-order valence-electron chi connectivity index (χ2n) is 9.06. The van der Waals surface area contributed by atoms with Crippen LogP contribution in [-0.2, 0) is 14.3 Å². The van der Waals surface area contributed by atoms with Crippen molar-refractivity contribution in [3.05, 3.63) is 42.5 Å². The summed E-state index contributed by atoms with van der Waals surface area (Å²) in [6.07, 6.45) is 11.6. The molecule has 2 fully saturated rings. The maximum Gasteiger partial charge on any atom is 0.338 e. The van der Waals surface area contributed by atoms with E-state index in [4.69, 9.17) is 14.2 Å². The molecule has 5 heteroatoms. The molecule has 0 bridgehead atoms. The quantitative estimate of drug-likeness (QED) is 0.286. The fraction of sp³-hybridized carbons (Fsp3) is 0.615. The van der Waals surface area contributed by atoms with Gasteiger partial charge < -0.3 is 14.2 Å². The molecule has 5 nitrogen and oxygen atoms in total. The summed E-state index contributed by atoms with van der Waals surface area (Å²) in [6.45, 7) is 6.43. The lowest BCUT2D eigenvalue weighted by Crippen LogP contribution is -2.29. The van der Waals surface area contributed by atoms with Crippen LogP contribution in [0.1, 0.15) is 75.1 Å². The van der Waals surface area contributed by atoms with Crippen molar-refractivity contribution in [3.8, 4) is 5.75 Å². The number of hydrogen-bond donors (Lipinski definition) is 0. The van der Waals surface area contributed by atoms with E-state index in [2.05, 4.69) is 13.5 Å². The van der Waals surface area contributed by atoms with Gasteiger partial charge in [-0.1, -0.05) is 26.3 Å². The highest BCUT2D eigenvalue weighted by atomic mass is 16.5. The molecular formula is C26H36O5. The van der Waals surface area contributed by atoms with Crippen molar-refractivity contribution in [2.75, 3.05) is 13.2 Å². The van der Waals surface area contributed by atoms with Crippen molar-refractivity contribution in [2.24, 2.45) is 17.8 Å². The zero-order chi connectivity index (χ0) is 22.1. The molecule has 2 saturated carbocycles. The molecule has 0 saturated heterocycles. The third-order valence-electron chi connectivity index (χ3n) is 6.78. The molecule has 0 amide bonds. The molecule has 1 aromatic carbocycles. The van der Waals surface area contributed by atoms with E-state index < -0.39 is 5.97 Å². The molecular weight excluding hydrogens is 392 g/mol. The molecule has 0 spiro atoms. The van der Waals surface area contributed by atoms with Crippen LogP contribution in [0.15, 0.2) is 36.9 Å². The van der Waals surface area contributed by atoms with Crippen LogP contribution in [0.3, 0.4) is 0 Å². The largest absolute Gasteiger partial charge is 0.493 e. The van der Waals surface area contributed by atoms with Gasteiger partial charge in [-0.05, 0) is 80.5 Å². The summed E-state index contributed by atoms with van der Waals surface area (Å²) >= 11 is 0. The standard InChI is InChI=1S/C26H36O5/c1-3-25(27)30-18-4-17-29-23-13-11-22(12-14-23)26(28)31-24-15-9-21(10-16-24)20-7-5-19(2)6-8-20/h3,11-14,19-21,24H,1,4-10,15-18H2,2H3. The van der Waals surface area contributed by atoms with Crippen molar-refractivity contribution >= 4 is 11.9 Å². The number of benzene rings is 1. The van der Waals surface area contributed by atoms with Crippen molar-refractivity contribution in [3.63, 3.8) is 0 Å². The molecule has 31 heavy (non-hydrogen) atoms. The molecule has 0 unspecified atom stereocenters. The Morgan fingerprint density at radius 3 is 2.16 bits per heavy atom. The van der Waals surface area contributed by atoms with E-state index in [1.807, 2.05) is 0 Å². The first-order valence-electron chi connectivity index (χ1n) is 11.8. The minimum absolute atomic E-state index is 0.0421. The molecule has 3 rings (SSSR count). The number of carbonyl (C=O) groups is 2. The van der Waals surface area contributed by atoms with Crippen LogP contribution in [0.4, 0.5) is 0 Å². The normalized spacial score (nSPS) is 26.0. The van der Waals surface area contributed by atoms with Crippen LogP contribution in [0.5, 0.6) is 5.75 Å². The Bertz CT molecular complexity index is 710. The Morgan fingerprint density at radius 2 is 1.55 bits per heavy atom. The lowest BCUT2D eigenvalue weighted by atomic mass is 9.71. The van der Waals surface area contributed by atoms with Crippen LogP contribution in [0.2, 0.25) is 0 Å². The maximum absolute atomic E-state index is 12.5. The molecule has 0 N–H and O–H groups in total. The highest BCUT2D eigenvalue weighted by Crippen LogP contribution is 2.40. The number of hydrogen-bond acceptors (Lipinski definition) is 5. The Morgan fingerprint density at radius 1 is 0.935 bits per heavy atom. The van der Waals surface area contributed by atoms with Crippen LogP contribution >= 0.6 is 0 Å². The van der Waals surface area contributed by atoms with Crippen LogP contribution < -0.4 is 4.74 Å². The van der Waals surface area contributed by atoms with E-state index in [-0.39, 0.29) is 18.7 Å². The van der Waals surface area contributed by atoms with E-state index in [1.54, 1.807) is 24.3 Å². The Kier molecular flexibility index (Phi) is 8.98. The third-order valence-corrected chi connectivity index (χ3v) is 6.78. The molecule has 170 valence electrons. The molecule has 0 aliphatic heterocycles. The van der Waals surface area contributed by atoms with Gasteiger partial charge in [-0.3, -0.25) is 0 Å². The average Bonchev–Trinajstić information content (AvgIpc) is 2.80. The highest BCUT2D eigenvalue weighted by Gasteiger charge is 2.31. The van der Waals surface area contributed by atoms with E-state index in [0.717, 1.165) is 36.7 Å². The van der Waals surface area contributed by atoms with Gasteiger partial charge in [0.1, 0.15) is 11.9 Å². The first-order chi connectivity index (χ1) is 15.0. The summed E-state index contributed by atoms with van der Waals surface area (Å²) in [5.74, 6) is 2.59. The minimum atomic E-state index is -0.431. The molecule has 0 atom stereocenters. The maximum atomic E-state index is 12.5. The number of rotatable bonds is 9. The minimum Gasteiger partial charge on any atom is -0.493 e. The summed E-state index contributed by atoms with van der Waals surface area (Å²) in [6, 6.07) is 7.02. The fourth-order valence-corrected chi connectivity index (χ4v) is 4.82. The summed E-state index contributed by atoms with van der Waals surface area (Å²) in [7, 11) is 0. The second kappa shape index (κ2) is 11.9. The van der Waals surface area contributed by atoms with Gasteiger partial charge in [0, 0.05) is 12.5 Å². The van der Waals surface area contributed by atoms with Crippen LogP contribution in [0, 0.1) is 17.8 Å². The lowest BCUT2D eigenvalue weighted by Gasteiger charge is -2.37. The van der Waals surface area contributed by atoms with Gasteiger partial charge in [-0.25, -0.2) is 9.59 Å². The average molecular weight is 429 g/mol. The predicted octanol–water partition coefficient (Wildman–Crippen LogP) is 5.73. The summed E-state index contributed by atoms with van der Waals surface area (Å²) in [4.78, 5) is 23.5. The monoisotopic (exact) mass is 428 g/mol. The van der Waals surface area contributed by atoms with E-state index in [1.165, 1.54) is 38.5 Å². The SMILES string of the molecule is C=CC(=O)OCCCOc1ccc(C(=O)OC2CCC(C3CCC(C)CC3)CC2)cc1. The Balaban J connectivity index is 1.35. The van der Waals surface area contributed by atoms with Gasteiger partial charge in [-0.15, -0.1) is 0 Å². The van der Waals surface area contributed by atoms with Crippen molar-refractivity contribution < 1.29 is 23.8 Å². The first kappa shape index (κ1) is 23.4. The van der Waals surface area contributed by atoms with E-state index >= 15 is 0 Å². The number of esters is 2. The summed E-state index contributed by atoms with van der Waals surface area (Å²) < 4.78 is 16.3. The number of carbonyl (C=O) groups excluding carboxylic acids is 2. The van der Waals surface area contributed by atoms with Crippen LogP contribution in [0.25, 0.3) is 0 Å². The molecule has 2 aliphatic rings. The first-order valence-corrected chi connectivity index (χ1v) is 11.8. The smallest absolute Gasteiger partial charge is 0.338 e. The zero-order valence-electron chi connectivity index (χ0n) is 18.7. The van der Waals surface area contributed by atoms with Gasteiger partial charge >= 0.3 is 11.9 Å².